The second-order valence-electron chi connectivity index (χ2n) is 5.21. The van der Waals surface area contributed by atoms with Crippen molar-refractivity contribution in [1.82, 2.24) is 4.98 Å². The van der Waals surface area contributed by atoms with Gasteiger partial charge in [-0.2, -0.15) is 0 Å². The molecule has 0 saturated carbocycles. The van der Waals surface area contributed by atoms with Crippen LogP contribution in [-0.2, 0) is 12.8 Å². The highest BCUT2D eigenvalue weighted by Gasteiger charge is 2.08. The summed E-state index contributed by atoms with van der Waals surface area (Å²) in [6.07, 6.45) is 3.32. The Morgan fingerprint density at radius 2 is 1.79 bits per heavy atom. The fourth-order valence-corrected chi connectivity index (χ4v) is 2.47. The van der Waals surface area contributed by atoms with Crippen molar-refractivity contribution < 1.29 is 0 Å². The third-order valence-electron chi connectivity index (χ3n) is 3.19. The van der Waals surface area contributed by atoms with Crippen LogP contribution >= 0.6 is 0 Å². The number of hydrogen-bond acceptors (Lipinski definition) is 3. The topological polar surface area (TPSA) is 64.9 Å². The molecule has 0 aliphatic heterocycles. The van der Waals surface area contributed by atoms with Gasteiger partial charge in [0.1, 0.15) is 5.82 Å². The molecule has 2 aromatic rings. The van der Waals surface area contributed by atoms with Gasteiger partial charge in [-0.3, -0.25) is 0 Å². The standard InChI is InChI=1S/C16H21N3/c1-11-6-12(2)8-13(7-11)9-15(17)10-14-4-3-5-19-16(14)18/h3-8,15H,9-10,17H2,1-2H3,(H2,18,19). The molecule has 19 heavy (non-hydrogen) atoms. The number of rotatable bonds is 4. The van der Waals surface area contributed by atoms with E-state index in [9.17, 15) is 0 Å². The Morgan fingerprint density at radius 1 is 1.11 bits per heavy atom. The van der Waals surface area contributed by atoms with Crippen LogP contribution in [0.2, 0.25) is 0 Å². The van der Waals surface area contributed by atoms with E-state index in [1.807, 2.05) is 12.1 Å². The van der Waals surface area contributed by atoms with Gasteiger partial charge in [-0.05, 0) is 43.9 Å². The molecule has 0 aliphatic rings. The van der Waals surface area contributed by atoms with Crippen molar-refractivity contribution in [2.24, 2.45) is 5.73 Å². The summed E-state index contributed by atoms with van der Waals surface area (Å²) in [4.78, 5) is 4.09. The number of aromatic nitrogens is 1. The molecular weight excluding hydrogens is 234 g/mol. The lowest BCUT2D eigenvalue weighted by atomic mass is 9.97. The molecule has 0 fully saturated rings. The average molecular weight is 255 g/mol. The van der Waals surface area contributed by atoms with E-state index in [-0.39, 0.29) is 6.04 Å². The van der Waals surface area contributed by atoms with Gasteiger partial charge in [0.05, 0.1) is 0 Å². The summed E-state index contributed by atoms with van der Waals surface area (Å²) in [5.41, 5.74) is 16.9. The van der Waals surface area contributed by atoms with E-state index in [4.69, 9.17) is 11.5 Å². The summed E-state index contributed by atoms with van der Waals surface area (Å²) in [7, 11) is 0. The Balaban J connectivity index is 2.05. The largest absolute Gasteiger partial charge is 0.383 e. The smallest absolute Gasteiger partial charge is 0.126 e. The maximum atomic E-state index is 6.22. The number of nitrogens with two attached hydrogens (primary N) is 2. The SMILES string of the molecule is Cc1cc(C)cc(CC(N)Cc2cccnc2N)c1. The molecule has 0 saturated heterocycles. The summed E-state index contributed by atoms with van der Waals surface area (Å²) in [6.45, 7) is 4.22. The lowest BCUT2D eigenvalue weighted by molar-refractivity contribution is 0.664. The van der Waals surface area contributed by atoms with Crippen LogP contribution in [0.3, 0.4) is 0 Å². The van der Waals surface area contributed by atoms with Gasteiger partial charge in [0.2, 0.25) is 0 Å². The Labute approximate surface area is 114 Å². The molecule has 0 aliphatic carbocycles. The molecule has 100 valence electrons. The van der Waals surface area contributed by atoms with Gasteiger partial charge in [0, 0.05) is 12.2 Å². The van der Waals surface area contributed by atoms with Crippen molar-refractivity contribution in [1.29, 1.82) is 0 Å². The van der Waals surface area contributed by atoms with Crippen molar-refractivity contribution >= 4 is 5.82 Å². The van der Waals surface area contributed by atoms with Gasteiger partial charge in [-0.1, -0.05) is 35.4 Å². The Kier molecular flexibility index (Phi) is 4.17. The van der Waals surface area contributed by atoms with Crippen LogP contribution in [-0.4, -0.2) is 11.0 Å². The number of nitrogens with zero attached hydrogens (tertiary/aromatic N) is 1. The maximum Gasteiger partial charge on any atom is 0.126 e. The van der Waals surface area contributed by atoms with Crippen LogP contribution < -0.4 is 11.5 Å². The molecule has 0 radical (unpaired) electrons. The second kappa shape index (κ2) is 5.85. The fraction of sp³-hybridized carbons (Fsp3) is 0.312. The zero-order valence-electron chi connectivity index (χ0n) is 11.6. The first kappa shape index (κ1) is 13.6. The first-order valence-electron chi connectivity index (χ1n) is 6.56. The van der Waals surface area contributed by atoms with E-state index < -0.39 is 0 Å². The highest BCUT2D eigenvalue weighted by atomic mass is 14.8. The average Bonchev–Trinajstić information content (AvgIpc) is 2.30. The molecular formula is C16H21N3. The van der Waals surface area contributed by atoms with E-state index in [0.717, 1.165) is 18.4 Å². The van der Waals surface area contributed by atoms with Gasteiger partial charge in [0.25, 0.3) is 0 Å². The lowest BCUT2D eigenvalue weighted by Crippen LogP contribution is -2.26. The number of benzene rings is 1. The minimum absolute atomic E-state index is 0.0627. The van der Waals surface area contributed by atoms with E-state index in [1.54, 1.807) is 6.20 Å². The molecule has 1 aromatic carbocycles. The molecule has 3 heteroatoms. The fourth-order valence-electron chi connectivity index (χ4n) is 2.47. The zero-order chi connectivity index (χ0) is 13.8. The normalized spacial score (nSPS) is 12.4. The highest BCUT2D eigenvalue weighted by molar-refractivity contribution is 5.39. The molecule has 0 bridgehead atoms. The molecule has 2 rings (SSSR count). The molecule has 4 N–H and O–H groups in total. The summed E-state index contributed by atoms with van der Waals surface area (Å²) >= 11 is 0. The minimum Gasteiger partial charge on any atom is -0.383 e. The summed E-state index contributed by atoms with van der Waals surface area (Å²) < 4.78 is 0. The van der Waals surface area contributed by atoms with Crippen LogP contribution in [0.5, 0.6) is 0 Å². The second-order valence-corrected chi connectivity index (χ2v) is 5.21. The number of anilines is 1. The maximum absolute atomic E-state index is 6.22. The predicted octanol–water partition coefficient (Wildman–Crippen LogP) is 2.39. The van der Waals surface area contributed by atoms with Gasteiger partial charge in [-0.15, -0.1) is 0 Å². The number of hydrogen-bond donors (Lipinski definition) is 2. The Morgan fingerprint density at radius 3 is 2.42 bits per heavy atom. The monoisotopic (exact) mass is 255 g/mol. The Hall–Kier alpha value is -1.87. The van der Waals surface area contributed by atoms with Crippen molar-refractivity contribution in [3.63, 3.8) is 0 Å². The summed E-state index contributed by atoms with van der Waals surface area (Å²) in [5.74, 6) is 0.582. The quantitative estimate of drug-likeness (QED) is 0.881. The minimum atomic E-state index is 0.0627. The summed E-state index contributed by atoms with van der Waals surface area (Å²) in [5, 5.41) is 0. The molecule has 0 amide bonds. The van der Waals surface area contributed by atoms with E-state index in [1.165, 1.54) is 16.7 Å². The van der Waals surface area contributed by atoms with Crippen LogP contribution in [0, 0.1) is 13.8 Å². The van der Waals surface area contributed by atoms with Crippen LogP contribution in [0.25, 0.3) is 0 Å². The van der Waals surface area contributed by atoms with Crippen LogP contribution in [0.4, 0.5) is 5.82 Å². The molecule has 3 nitrogen and oxygen atoms in total. The van der Waals surface area contributed by atoms with Crippen molar-refractivity contribution in [2.75, 3.05) is 5.73 Å². The molecule has 0 spiro atoms. The summed E-state index contributed by atoms with van der Waals surface area (Å²) in [6, 6.07) is 10.5. The van der Waals surface area contributed by atoms with Crippen LogP contribution in [0.15, 0.2) is 36.5 Å². The number of nitrogen functional groups attached to an aromatic ring is 1. The van der Waals surface area contributed by atoms with Crippen LogP contribution in [0.1, 0.15) is 22.3 Å². The molecule has 1 heterocycles. The Bertz CT molecular complexity index is 543. The van der Waals surface area contributed by atoms with E-state index >= 15 is 0 Å². The molecule has 1 atom stereocenters. The van der Waals surface area contributed by atoms with Gasteiger partial charge >= 0.3 is 0 Å². The first-order chi connectivity index (χ1) is 9.04. The third kappa shape index (κ3) is 3.80. The van der Waals surface area contributed by atoms with Gasteiger partial charge < -0.3 is 11.5 Å². The lowest BCUT2D eigenvalue weighted by Gasteiger charge is -2.14. The van der Waals surface area contributed by atoms with Gasteiger partial charge in [-0.25, -0.2) is 4.98 Å². The predicted molar refractivity (Wildman–Crippen MR) is 79.9 cm³/mol. The highest BCUT2D eigenvalue weighted by Crippen LogP contribution is 2.14. The van der Waals surface area contributed by atoms with Crippen molar-refractivity contribution in [3.05, 3.63) is 58.8 Å². The van der Waals surface area contributed by atoms with Crippen molar-refractivity contribution in [2.45, 2.75) is 32.7 Å². The van der Waals surface area contributed by atoms with Gasteiger partial charge in [0.15, 0.2) is 0 Å². The van der Waals surface area contributed by atoms with E-state index in [2.05, 4.69) is 37.0 Å². The molecule has 1 aromatic heterocycles. The van der Waals surface area contributed by atoms with Crippen molar-refractivity contribution in [3.8, 4) is 0 Å². The third-order valence-corrected chi connectivity index (χ3v) is 3.19. The number of aryl methyl sites for hydroxylation is 2. The first-order valence-corrected chi connectivity index (χ1v) is 6.56. The number of pyridine rings is 1. The molecule has 1 unspecified atom stereocenters. The van der Waals surface area contributed by atoms with E-state index in [0.29, 0.717) is 5.82 Å². The zero-order valence-corrected chi connectivity index (χ0v) is 11.6.